The molecule has 0 radical (unpaired) electrons. The summed E-state index contributed by atoms with van der Waals surface area (Å²) in [5, 5.41) is 6.96. The van der Waals surface area contributed by atoms with Gasteiger partial charge in [0.2, 0.25) is 17.8 Å². The molecule has 2 aliphatic heterocycles. The quantitative estimate of drug-likeness (QED) is 0.830. The first-order valence-corrected chi connectivity index (χ1v) is 9.69. The summed E-state index contributed by atoms with van der Waals surface area (Å²) in [4.78, 5) is 18.7. The predicted molar refractivity (Wildman–Crippen MR) is 98.4 cm³/mol. The van der Waals surface area contributed by atoms with Crippen LogP contribution >= 0.6 is 0 Å². The van der Waals surface area contributed by atoms with E-state index in [2.05, 4.69) is 20.4 Å². The second-order valence-electron chi connectivity index (χ2n) is 7.07. The molecule has 1 aromatic heterocycles. The minimum absolute atomic E-state index is 0.490. The molecular weight excluding hydrogens is 318 g/mol. The highest BCUT2D eigenvalue weighted by Crippen LogP contribution is 2.23. The normalized spacial score (nSPS) is 22.9. The number of rotatable bonds is 4. The Hall–Kier alpha value is -1.67. The zero-order valence-electron chi connectivity index (χ0n) is 14.9. The second kappa shape index (κ2) is 8.14. The summed E-state index contributed by atoms with van der Waals surface area (Å²) in [6.45, 7) is 6.99. The third kappa shape index (κ3) is 4.30. The van der Waals surface area contributed by atoms with E-state index in [1.165, 1.54) is 32.1 Å². The van der Waals surface area contributed by atoms with Crippen LogP contribution in [-0.2, 0) is 4.74 Å². The van der Waals surface area contributed by atoms with Gasteiger partial charge in [-0.3, -0.25) is 0 Å². The number of anilines is 3. The van der Waals surface area contributed by atoms with Crippen LogP contribution in [0.15, 0.2) is 0 Å². The molecule has 2 N–H and O–H groups in total. The average Bonchev–Trinajstić information content (AvgIpc) is 2.70. The highest BCUT2D eigenvalue weighted by molar-refractivity contribution is 5.46. The van der Waals surface area contributed by atoms with E-state index in [0.717, 1.165) is 70.3 Å². The topological polar surface area (TPSA) is 78.4 Å². The molecule has 1 aliphatic carbocycles. The zero-order valence-corrected chi connectivity index (χ0v) is 14.9. The second-order valence-corrected chi connectivity index (χ2v) is 7.07. The number of piperazine rings is 1. The molecule has 25 heavy (non-hydrogen) atoms. The van der Waals surface area contributed by atoms with Crippen molar-refractivity contribution in [2.45, 2.75) is 38.1 Å². The van der Waals surface area contributed by atoms with Gasteiger partial charge in [0.05, 0.1) is 13.2 Å². The van der Waals surface area contributed by atoms with Crippen LogP contribution in [0, 0.1) is 0 Å². The molecule has 0 bridgehead atoms. The van der Waals surface area contributed by atoms with Crippen molar-refractivity contribution in [3.05, 3.63) is 0 Å². The number of hydrogen-bond donors (Lipinski definition) is 2. The summed E-state index contributed by atoms with van der Waals surface area (Å²) in [6, 6.07) is 0.490. The Balaban J connectivity index is 1.56. The molecule has 1 aromatic rings. The van der Waals surface area contributed by atoms with Crippen LogP contribution < -0.4 is 20.4 Å². The first-order valence-electron chi connectivity index (χ1n) is 9.69. The molecule has 0 atom stereocenters. The van der Waals surface area contributed by atoms with Gasteiger partial charge in [-0.25, -0.2) is 0 Å². The fourth-order valence-corrected chi connectivity index (χ4v) is 3.76. The lowest BCUT2D eigenvalue weighted by molar-refractivity contribution is 0.122. The third-order valence-corrected chi connectivity index (χ3v) is 5.24. The number of ether oxygens (including phenoxy) is 1. The maximum atomic E-state index is 5.47. The monoisotopic (exact) mass is 347 g/mol. The highest BCUT2D eigenvalue weighted by atomic mass is 16.5. The van der Waals surface area contributed by atoms with E-state index in [1.54, 1.807) is 0 Å². The van der Waals surface area contributed by atoms with Crippen LogP contribution in [0.2, 0.25) is 0 Å². The molecule has 8 heteroatoms. The van der Waals surface area contributed by atoms with E-state index in [9.17, 15) is 0 Å². The molecule has 3 aliphatic rings. The lowest BCUT2D eigenvalue weighted by Crippen LogP contribution is -2.45. The van der Waals surface area contributed by atoms with Gasteiger partial charge in [0.15, 0.2) is 0 Å². The van der Waals surface area contributed by atoms with Crippen molar-refractivity contribution in [2.24, 2.45) is 0 Å². The van der Waals surface area contributed by atoms with Crippen LogP contribution in [0.4, 0.5) is 17.8 Å². The minimum Gasteiger partial charge on any atom is -0.378 e. The number of nitrogens with zero attached hydrogens (tertiary/aromatic N) is 5. The van der Waals surface area contributed by atoms with E-state index in [-0.39, 0.29) is 0 Å². The highest BCUT2D eigenvalue weighted by Gasteiger charge is 2.22. The fraction of sp³-hybridized carbons (Fsp3) is 0.824. The van der Waals surface area contributed by atoms with Crippen LogP contribution in [0.1, 0.15) is 32.1 Å². The zero-order chi connectivity index (χ0) is 16.9. The van der Waals surface area contributed by atoms with E-state index in [0.29, 0.717) is 6.04 Å². The van der Waals surface area contributed by atoms with Crippen molar-refractivity contribution in [1.29, 1.82) is 0 Å². The fourth-order valence-electron chi connectivity index (χ4n) is 3.76. The van der Waals surface area contributed by atoms with E-state index < -0.39 is 0 Å². The van der Waals surface area contributed by atoms with Gasteiger partial charge in [-0.15, -0.1) is 0 Å². The Morgan fingerprint density at radius 3 is 2.16 bits per heavy atom. The maximum absolute atomic E-state index is 5.47. The van der Waals surface area contributed by atoms with Gasteiger partial charge >= 0.3 is 0 Å². The predicted octanol–water partition coefficient (Wildman–Crippen LogP) is 0.862. The third-order valence-electron chi connectivity index (χ3n) is 5.24. The smallest absolute Gasteiger partial charge is 0.232 e. The molecule has 1 saturated carbocycles. The van der Waals surface area contributed by atoms with Gasteiger partial charge in [0.1, 0.15) is 0 Å². The molecule has 3 heterocycles. The van der Waals surface area contributed by atoms with Crippen LogP contribution in [0.5, 0.6) is 0 Å². The molecule has 3 fully saturated rings. The summed E-state index contributed by atoms with van der Waals surface area (Å²) < 4.78 is 5.47. The van der Waals surface area contributed by atoms with Crippen molar-refractivity contribution < 1.29 is 4.74 Å². The minimum atomic E-state index is 0.490. The van der Waals surface area contributed by atoms with E-state index in [4.69, 9.17) is 19.7 Å². The maximum Gasteiger partial charge on any atom is 0.232 e. The molecule has 8 nitrogen and oxygen atoms in total. The Morgan fingerprint density at radius 2 is 1.48 bits per heavy atom. The number of morpholine rings is 1. The van der Waals surface area contributed by atoms with Crippen LogP contribution in [0.3, 0.4) is 0 Å². The molecule has 0 aromatic carbocycles. The lowest BCUT2D eigenvalue weighted by atomic mass is 9.96. The van der Waals surface area contributed by atoms with Gasteiger partial charge in [0.25, 0.3) is 0 Å². The van der Waals surface area contributed by atoms with E-state index >= 15 is 0 Å². The lowest BCUT2D eigenvalue weighted by Gasteiger charge is -2.31. The molecule has 4 rings (SSSR count). The summed E-state index contributed by atoms with van der Waals surface area (Å²) in [7, 11) is 0. The van der Waals surface area contributed by atoms with Crippen molar-refractivity contribution in [2.75, 3.05) is 67.6 Å². The summed E-state index contributed by atoms with van der Waals surface area (Å²) in [5.41, 5.74) is 0. The molecule has 0 unspecified atom stereocenters. The van der Waals surface area contributed by atoms with Crippen molar-refractivity contribution in [1.82, 2.24) is 20.3 Å². The number of nitrogens with one attached hydrogen (secondary N) is 2. The van der Waals surface area contributed by atoms with Gasteiger partial charge in [-0.2, -0.15) is 15.0 Å². The Kier molecular flexibility index (Phi) is 5.46. The molecule has 0 amide bonds. The Morgan fingerprint density at radius 1 is 0.840 bits per heavy atom. The van der Waals surface area contributed by atoms with Gasteiger partial charge in [0, 0.05) is 45.3 Å². The average molecular weight is 347 g/mol. The molecular formula is C17H29N7O. The SMILES string of the molecule is C1CCC(Nc2nc(N3CCNCC3)nc(N3CCOCC3)n2)CC1. The summed E-state index contributed by atoms with van der Waals surface area (Å²) in [6.07, 6.45) is 6.36. The summed E-state index contributed by atoms with van der Waals surface area (Å²) in [5.74, 6) is 2.32. The first-order chi connectivity index (χ1) is 12.4. The Labute approximate surface area is 149 Å². The van der Waals surface area contributed by atoms with Gasteiger partial charge in [-0.05, 0) is 12.8 Å². The van der Waals surface area contributed by atoms with Crippen molar-refractivity contribution in [3.63, 3.8) is 0 Å². The summed E-state index contributed by atoms with van der Waals surface area (Å²) >= 11 is 0. The Bertz CT molecular complexity index is 516. The van der Waals surface area contributed by atoms with Gasteiger partial charge in [-0.1, -0.05) is 19.3 Å². The van der Waals surface area contributed by atoms with Crippen molar-refractivity contribution in [3.8, 4) is 0 Å². The number of aromatic nitrogens is 3. The first kappa shape index (κ1) is 16.8. The molecule has 138 valence electrons. The van der Waals surface area contributed by atoms with Crippen LogP contribution in [0.25, 0.3) is 0 Å². The van der Waals surface area contributed by atoms with E-state index in [1.807, 2.05) is 0 Å². The van der Waals surface area contributed by atoms with Crippen molar-refractivity contribution >= 4 is 17.8 Å². The molecule has 2 saturated heterocycles. The standard InChI is InChI=1S/C17H29N7O/c1-2-4-14(5-3-1)19-15-20-16(23-8-6-18-7-9-23)22-17(21-15)24-10-12-25-13-11-24/h14,18H,1-13H2,(H,19,20,21,22). The van der Waals surface area contributed by atoms with Gasteiger partial charge < -0.3 is 25.2 Å². The largest absolute Gasteiger partial charge is 0.378 e. The molecule has 0 spiro atoms. The number of hydrogen-bond acceptors (Lipinski definition) is 8. The van der Waals surface area contributed by atoms with Crippen LogP contribution in [-0.4, -0.2) is 73.5 Å².